The Bertz CT molecular complexity index is 182. The first-order valence-corrected chi connectivity index (χ1v) is 5.16. The first kappa shape index (κ1) is 10.1. The molecule has 0 aliphatic heterocycles. The topological polar surface area (TPSA) is 17.1 Å². The minimum atomic E-state index is -2.76. The Morgan fingerprint density at radius 3 is 2.67 bits per heavy atom. The molecule has 0 bridgehead atoms. The first-order chi connectivity index (χ1) is 5.58. The highest BCUT2D eigenvalue weighted by Crippen LogP contribution is 2.38. The van der Waals surface area contributed by atoms with E-state index in [4.69, 9.17) is 0 Å². The summed E-state index contributed by atoms with van der Waals surface area (Å²) >= 11 is 2.92. The van der Waals surface area contributed by atoms with Gasteiger partial charge in [-0.05, 0) is 12.8 Å². The molecule has 0 aromatic heterocycles. The van der Waals surface area contributed by atoms with E-state index in [2.05, 4.69) is 15.9 Å². The van der Waals surface area contributed by atoms with E-state index < -0.39 is 11.8 Å². The Labute approximate surface area is 78.6 Å². The molecule has 1 unspecified atom stereocenters. The minimum absolute atomic E-state index is 0.0489. The number of rotatable bonds is 2. The van der Waals surface area contributed by atoms with Crippen LogP contribution in [0.5, 0.6) is 0 Å². The number of carbonyl (C=O) groups excluding carboxylic acids is 1. The van der Waals surface area contributed by atoms with Gasteiger partial charge in [-0.25, -0.2) is 8.78 Å². The molecule has 0 saturated heterocycles. The highest BCUT2D eigenvalue weighted by atomic mass is 79.9. The second kappa shape index (κ2) is 3.81. The van der Waals surface area contributed by atoms with Crippen LogP contribution >= 0.6 is 15.9 Å². The monoisotopic (exact) mass is 240 g/mol. The van der Waals surface area contributed by atoms with Crippen molar-refractivity contribution < 1.29 is 13.6 Å². The van der Waals surface area contributed by atoms with E-state index in [0.29, 0.717) is 12.8 Å². The molecule has 12 heavy (non-hydrogen) atoms. The maximum Gasteiger partial charge on any atom is 0.257 e. The van der Waals surface area contributed by atoms with E-state index in [0.717, 1.165) is 6.42 Å². The Morgan fingerprint density at radius 2 is 2.17 bits per heavy atom. The molecule has 1 aliphatic rings. The quantitative estimate of drug-likeness (QED) is 0.679. The van der Waals surface area contributed by atoms with E-state index in [-0.39, 0.29) is 17.5 Å². The molecule has 0 amide bonds. The molecular formula is C8H11BrF2O. The Hall–Kier alpha value is 0.01000. The zero-order chi connectivity index (χ0) is 9.19. The number of Topliss-reactive ketones (excluding diaryl/α,β-unsaturated/α-hetero) is 1. The van der Waals surface area contributed by atoms with Crippen LogP contribution in [0, 0.1) is 5.92 Å². The SMILES string of the molecule is O=C(CBr)C1CCCCC1(F)F. The minimum Gasteiger partial charge on any atom is -0.298 e. The van der Waals surface area contributed by atoms with Crippen LogP contribution in [0.2, 0.25) is 0 Å². The fourth-order valence-corrected chi connectivity index (χ4v) is 1.97. The van der Waals surface area contributed by atoms with Crippen LogP contribution in [0.3, 0.4) is 0 Å². The third-order valence-corrected chi connectivity index (χ3v) is 2.84. The highest BCUT2D eigenvalue weighted by Gasteiger charge is 2.44. The molecule has 0 aromatic rings. The molecule has 0 radical (unpaired) electrons. The molecule has 0 aromatic carbocycles. The van der Waals surface area contributed by atoms with Crippen molar-refractivity contribution in [1.29, 1.82) is 0 Å². The predicted molar refractivity (Wildman–Crippen MR) is 45.7 cm³/mol. The summed E-state index contributed by atoms with van der Waals surface area (Å²) < 4.78 is 26.1. The summed E-state index contributed by atoms with van der Waals surface area (Å²) in [6, 6.07) is 0. The van der Waals surface area contributed by atoms with E-state index in [1.807, 2.05) is 0 Å². The van der Waals surface area contributed by atoms with Crippen molar-refractivity contribution in [2.24, 2.45) is 5.92 Å². The number of hydrogen-bond acceptors (Lipinski definition) is 1. The van der Waals surface area contributed by atoms with Gasteiger partial charge in [0, 0.05) is 6.42 Å². The van der Waals surface area contributed by atoms with Gasteiger partial charge in [0.15, 0.2) is 5.78 Å². The predicted octanol–water partition coefficient (Wildman–Crippen LogP) is 2.78. The van der Waals surface area contributed by atoms with Crippen LogP contribution in [-0.2, 0) is 4.79 Å². The van der Waals surface area contributed by atoms with Gasteiger partial charge in [-0.2, -0.15) is 0 Å². The zero-order valence-electron chi connectivity index (χ0n) is 6.66. The van der Waals surface area contributed by atoms with Crippen LogP contribution in [0.4, 0.5) is 8.78 Å². The van der Waals surface area contributed by atoms with Gasteiger partial charge in [-0.15, -0.1) is 0 Å². The average molecular weight is 241 g/mol. The largest absolute Gasteiger partial charge is 0.298 e. The third-order valence-electron chi connectivity index (χ3n) is 2.28. The normalized spacial score (nSPS) is 28.4. The van der Waals surface area contributed by atoms with Gasteiger partial charge in [0.25, 0.3) is 5.92 Å². The molecule has 1 fully saturated rings. The molecule has 1 nitrogen and oxygen atoms in total. The zero-order valence-corrected chi connectivity index (χ0v) is 8.24. The maximum atomic E-state index is 13.1. The lowest BCUT2D eigenvalue weighted by Gasteiger charge is -2.29. The smallest absolute Gasteiger partial charge is 0.257 e. The standard InChI is InChI=1S/C8H11BrF2O/c9-5-7(12)6-3-1-2-4-8(6,10)11/h6H,1-5H2. The fourth-order valence-electron chi connectivity index (χ4n) is 1.58. The van der Waals surface area contributed by atoms with Crippen LogP contribution in [-0.4, -0.2) is 17.0 Å². The molecule has 0 spiro atoms. The molecule has 1 aliphatic carbocycles. The fraction of sp³-hybridized carbons (Fsp3) is 0.875. The lowest BCUT2D eigenvalue weighted by Crippen LogP contribution is -2.37. The van der Waals surface area contributed by atoms with Crippen LogP contribution in [0.25, 0.3) is 0 Å². The summed E-state index contributed by atoms with van der Waals surface area (Å²) in [7, 11) is 0. The summed E-state index contributed by atoms with van der Waals surface area (Å²) in [5, 5.41) is 0.0489. The summed E-state index contributed by atoms with van der Waals surface area (Å²) in [6.07, 6.45) is 1.51. The van der Waals surface area contributed by atoms with Gasteiger partial charge in [-0.1, -0.05) is 22.4 Å². The first-order valence-electron chi connectivity index (χ1n) is 4.04. The van der Waals surface area contributed by atoms with Crippen LogP contribution in [0.15, 0.2) is 0 Å². The maximum absolute atomic E-state index is 13.1. The van der Waals surface area contributed by atoms with Crippen molar-refractivity contribution in [3.8, 4) is 0 Å². The van der Waals surface area contributed by atoms with E-state index in [1.54, 1.807) is 0 Å². The summed E-state index contributed by atoms with van der Waals surface area (Å²) in [6.45, 7) is 0. The van der Waals surface area contributed by atoms with Crippen molar-refractivity contribution in [1.82, 2.24) is 0 Å². The molecule has 1 atom stereocenters. The lowest BCUT2D eigenvalue weighted by atomic mass is 9.83. The van der Waals surface area contributed by atoms with Crippen molar-refractivity contribution in [2.75, 3.05) is 5.33 Å². The molecule has 1 rings (SSSR count). The van der Waals surface area contributed by atoms with Crippen molar-refractivity contribution in [3.05, 3.63) is 0 Å². The molecular weight excluding hydrogens is 230 g/mol. The van der Waals surface area contributed by atoms with Gasteiger partial charge < -0.3 is 0 Å². The van der Waals surface area contributed by atoms with Gasteiger partial charge in [0.1, 0.15) is 0 Å². The number of hydrogen-bond donors (Lipinski definition) is 0. The van der Waals surface area contributed by atoms with Crippen molar-refractivity contribution in [3.63, 3.8) is 0 Å². The van der Waals surface area contributed by atoms with E-state index in [1.165, 1.54) is 0 Å². The average Bonchev–Trinajstić information content (AvgIpc) is 2.02. The van der Waals surface area contributed by atoms with Gasteiger partial charge >= 0.3 is 0 Å². The summed E-state index contributed by atoms with van der Waals surface area (Å²) in [5.74, 6) is -4.16. The van der Waals surface area contributed by atoms with Gasteiger partial charge in [-0.3, -0.25) is 4.79 Å². The number of halogens is 3. The van der Waals surface area contributed by atoms with E-state index in [9.17, 15) is 13.6 Å². The molecule has 4 heteroatoms. The van der Waals surface area contributed by atoms with Crippen molar-refractivity contribution in [2.45, 2.75) is 31.6 Å². The molecule has 0 N–H and O–H groups in total. The third kappa shape index (κ3) is 2.03. The highest BCUT2D eigenvalue weighted by molar-refractivity contribution is 9.09. The van der Waals surface area contributed by atoms with Crippen molar-refractivity contribution >= 4 is 21.7 Å². The Kier molecular flexibility index (Phi) is 3.21. The molecule has 70 valence electrons. The van der Waals surface area contributed by atoms with Gasteiger partial charge in [0.2, 0.25) is 0 Å². The Balaban J connectivity index is 2.66. The summed E-state index contributed by atoms with van der Waals surface area (Å²) in [4.78, 5) is 11.1. The second-order valence-electron chi connectivity index (χ2n) is 3.16. The molecule has 0 heterocycles. The lowest BCUT2D eigenvalue weighted by molar-refractivity contribution is -0.140. The Morgan fingerprint density at radius 1 is 1.50 bits per heavy atom. The number of ketones is 1. The number of carbonyl (C=O) groups is 1. The summed E-state index contributed by atoms with van der Waals surface area (Å²) in [5.41, 5.74) is 0. The van der Waals surface area contributed by atoms with Crippen LogP contribution < -0.4 is 0 Å². The van der Waals surface area contributed by atoms with Crippen LogP contribution in [0.1, 0.15) is 25.7 Å². The number of alkyl halides is 3. The van der Waals surface area contributed by atoms with E-state index >= 15 is 0 Å². The molecule has 1 saturated carbocycles. The second-order valence-corrected chi connectivity index (χ2v) is 3.72. The van der Waals surface area contributed by atoms with Gasteiger partial charge in [0.05, 0.1) is 11.2 Å².